The molecule has 4 atom stereocenters. The molecule has 49 heavy (non-hydrogen) atoms. The predicted octanol–water partition coefficient (Wildman–Crippen LogP) is 0.576. The number of aromatic amines is 1. The third-order valence-corrected chi connectivity index (χ3v) is 7.18. The molecule has 2 aromatic carbocycles. The first-order valence-corrected chi connectivity index (χ1v) is 14.9. The van der Waals surface area contributed by atoms with Crippen molar-refractivity contribution in [1.29, 1.82) is 0 Å². The number of nitro groups is 1. The topological polar surface area (TPSA) is 279 Å². The van der Waals surface area contributed by atoms with Crippen molar-refractivity contribution in [3.05, 3.63) is 70.4 Å². The summed E-state index contributed by atoms with van der Waals surface area (Å²) in [4.78, 5) is 100. The van der Waals surface area contributed by atoms with E-state index in [9.17, 15) is 53.9 Å². The Kier molecular flexibility index (Phi) is 12.9. The Labute approximate surface area is 278 Å². The van der Waals surface area contributed by atoms with Crippen molar-refractivity contribution in [3.8, 4) is 0 Å². The Morgan fingerprint density at radius 2 is 1.43 bits per heavy atom. The summed E-state index contributed by atoms with van der Waals surface area (Å²) in [6.07, 6.45) is -0.0977. The molecule has 1 heterocycles. The summed E-state index contributed by atoms with van der Waals surface area (Å²) in [7, 11) is 0. The maximum atomic E-state index is 13.4. The predicted molar refractivity (Wildman–Crippen MR) is 172 cm³/mol. The van der Waals surface area contributed by atoms with Gasteiger partial charge in [-0.25, -0.2) is 0 Å². The second-order valence-electron chi connectivity index (χ2n) is 11.0. The number of carboxylic acids is 2. The van der Waals surface area contributed by atoms with Crippen LogP contribution in [0.3, 0.4) is 0 Å². The number of carbonyl (C=O) groups is 7. The van der Waals surface area contributed by atoms with Gasteiger partial charge in [-0.05, 0) is 37.1 Å². The monoisotopic (exact) mass is 681 g/mol. The van der Waals surface area contributed by atoms with Gasteiger partial charge in [0.25, 0.3) is 5.69 Å². The van der Waals surface area contributed by atoms with Gasteiger partial charge in [0, 0.05) is 54.7 Å². The normalized spacial score (nSPS) is 13.2. The van der Waals surface area contributed by atoms with Gasteiger partial charge in [0.15, 0.2) is 0 Å². The van der Waals surface area contributed by atoms with Crippen LogP contribution in [0.1, 0.15) is 38.7 Å². The van der Waals surface area contributed by atoms with Gasteiger partial charge in [0.2, 0.25) is 29.5 Å². The Morgan fingerprint density at radius 3 is 2.04 bits per heavy atom. The molecule has 8 N–H and O–H groups in total. The molecule has 0 bridgehead atoms. The number of amides is 5. The van der Waals surface area contributed by atoms with Crippen molar-refractivity contribution >= 4 is 63.8 Å². The fraction of sp³-hybridized carbons (Fsp3) is 0.323. The lowest BCUT2D eigenvalue weighted by Gasteiger charge is -2.24. The van der Waals surface area contributed by atoms with E-state index in [4.69, 9.17) is 0 Å². The van der Waals surface area contributed by atoms with Crippen LogP contribution in [0.25, 0.3) is 10.9 Å². The fourth-order valence-corrected chi connectivity index (χ4v) is 4.74. The average Bonchev–Trinajstić information content (AvgIpc) is 3.44. The van der Waals surface area contributed by atoms with Crippen LogP contribution < -0.4 is 26.6 Å². The molecule has 0 aliphatic carbocycles. The lowest BCUT2D eigenvalue weighted by molar-refractivity contribution is -0.384. The van der Waals surface area contributed by atoms with E-state index in [1.54, 1.807) is 12.3 Å². The van der Waals surface area contributed by atoms with Gasteiger partial charge in [-0.15, -0.1) is 0 Å². The molecule has 5 amide bonds. The van der Waals surface area contributed by atoms with E-state index >= 15 is 0 Å². The first kappa shape index (κ1) is 37.1. The number of non-ortho nitro benzene ring substituents is 1. The van der Waals surface area contributed by atoms with Gasteiger partial charge in [0.05, 0.1) is 11.3 Å². The summed E-state index contributed by atoms with van der Waals surface area (Å²) in [5, 5.41) is 42.1. The minimum Gasteiger partial charge on any atom is -0.481 e. The Bertz CT molecular complexity index is 1740. The molecule has 0 saturated heterocycles. The quantitative estimate of drug-likeness (QED) is 0.0720. The molecule has 18 nitrogen and oxygen atoms in total. The highest BCUT2D eigenvalue weighted by Gasteiger charge is 2.31. The number of aromatic nitrogens is 1. The van der Waals surface area contributed by atoms with Crippen LogP contribution in [0.5, 0.6) is 0 Å². The largest absolute Gasteiger partial charge is 0.481 e. The van der Waals surface area contributed by atoms with Crippen molar-refractivity contribution in [2.45, 2.75) is 63.7 Å². The fourth-order valence-electron chi connectivity index (χ4n) is 4.74. The molecule has 18 heteroatoms. The first-order valence-electron chi connectivity index (χ1n) is 14.9. The summed E-state index contributed by atoms with van der Waals surface area (Å²) >= 11 is 0. The molecule has 1 aromatic heterocycles. The van der Waals surface area contributed by atoms with Gasteiger partial charge in [0.1, 0.15) is 24.2 Å². The lowest BCUT2D eigenvalue weighted by atomic mass is 10.0. The summed E-state index contributed by atoms with van der Waals surface area (Å²) in [6, 6.07) is 6.22. The highest BCUT2D eigenvalue weighted by atomic mass is 16.6. The molecular formula is C31H35N7O11. The molecule has 0 aliphatic rings. The zero-order valence-corrected chi connectivity index (χ0v) is 26.3. The highest BCUT2D eigenvalue weighted by molar-refractivity contribution is 6.00. The number of rotatable bonds is 17. The van der Waals surface area contributed by atoms with Crippen molar-refractivity contribution in [1.82, 2.24) is 26.3 Å². The molecule has 4 unspecified atom stereocenters. The average molecular weight is 682 g/mol. The number of fused-ring (bicyclic) bond motifs is 1. The van der Waals surface area contributed by atoms with Crippen molar-refractivity contribution < 1.29 is 48.7 Å². The van der Waals surface area contributed by atoms with Crippen molar-refractivity contribution in [2.75, 3.05) is 5.32 Å². The molecule has 0 saturated carbocycles. The van der Waals surface area contributed by atoms with E-state index in [2.05, 4.69) is 31.6 Å². The number of carbonyl (C=O) groups excluding carboxylic acids is 5. The number of carboxylic acid groups (broad SMARTS) is 2. The number of hydrogen-bond donors (Lipinski definition) is 8. The van der Waals surface area contributed by atoms with E-state index in [1.165, 1.54) is 26.0 Å². The van der Waals surface area contributed by atoms with Gasteiger partial charge >= 0.3 is 11.9 Å². The SMILES string of the molecule is CC(=O)NC(Cc1c[nH]c2ccccc12)C(=O)NC(CCC(=O)O)C(=O)NC(C)C(=O)NC(CC(=O)O)C(=O)Nc1ccc([N+](=O)[O-])cc1. The van der Waals surface area contributed by atoms with E-state index in [0.29, 0.717) is 5.56 Å². The third-order valence-electron chi connectivity index (χ3n) is 7.18. The van der Waals surface area contributed by atoms with E-state index in [1.807, 2.05) is 18.2 Å². The van der Waals surface area contributed by atoms with Crippen LogP contribution in [0.4, 0.5) is 11.4 Å². The smallest absolute Gasteiger partial charge is 0.305 e. The first-order chi connectivity index (χ1) is 23.1. The highest BCUT2D eigenvalue weighted by Crippen LogP contribution is 2.20. The second kappa shape index (κ2) is 17.0. The van der Waals surface area contributed by atoms with E-state index in [0.717, 1.165) is 23.0 Å². The third kappa shape index (κ3) is 11.2. The minimum atomic E-state index is -1.63. The second-order valence-corrected chi connectivity index (χ2v) is 11.0. The maximum Gasteiger partial charge on any atom is 0.305 e. The summed E-state index contributed by atoms with van der Waals surface area (Å²) in [6.45, 7) is 2.42. The van der Waals surface area contributed by atoms with Crippen LogP contribution in [-0.2, 0) is 40.0 Å². The zero-order valence-electron chi connectivity index (χ0n) is 26.3. The zero-order chi connectivity index (χ0) is 36.2. The molecule has 3 rings (SSSR count). The van der Waals surface area contributed by atoms with E-state index in [-0.39, 0.29) is 24.2 Å². The van der Waals surface area contributed by atoms with Gasteiger partial charge in [-0.1, -0.05) is 18.2 Å². The number of aliphatic carboxylic acids is 2. The van der Waals surface area contributed by atoms with Crippen LogP contribution >= 0.6 is 0 Å². The van der Waals surface area contributed by atoms with Gasteiger partial charge < -0.3 is 41.8 Å². The molecule has 0 spiro atoms. The molecule has 3 aromatic rings. The minimum absolute atomic E-state index is 0.0222. The summed E-state index contributed by atoms with van der Waals surface area (Å²) < 4.78 is 0. The van der Waals surface area contributed by atoms with Crippen LogP contribution in [0.2, 0.25) is 0 Å². The summed E-state index contributed by atoms with van der Waals surface area (Å²) in [5.41, 5.74) is 1.31. The molecule has 0 radical (unpaired) electrons. The summed E-state index contributed by atoms with van der Waals surface area (Å²) in [5.74, 6) is -6.97. The van der Waals surface area contributed by atoms with Crippen LogP contribution in [-0.4, -0.2) is 85.8 Å². The maximum absolute atomic E-state index is 13.4. The number of hydrogen-bond acceptors (Lipinski definition) is 9. The molecular weight excluding hydrogens is 646 g/mol. The van der Waals surface area contributed by atoms with Gasteiger partial charge in [-0.3, -0.25) is 43.7 Å². The van der Waals surface area contributed by atoms with E-state index < -0.39 is 83.4 Å². The standard InChI is InChI=1S/C31H35N7O11/c1-16(28(44)37-25(14-27(42)43)30(46)35-19-7-9-20(10-8-19)38(48)49)33-29(45)23(11-12-26(40)41)36-31(47)24(34-17(2)39)13-18-15-32-22-6-4-3-5-21(18)22/h3-10,15-16,23-25,32H,11-14H2,1-2H3,(H,33,45)(H,34,39)(H,35,46)(H,36,47)(H,37,44)(H,40,41)(H,42,43). The number of nitrogens with zero attached hydrogens (tertiary/aromatic N) is 1. The van der Waals surface area contributed by atoms with Crippen LogP contribution in [0.15, 0.2) is 54.7 Å². The molecule has 260 valence electrons. The number of para-hydroxylation sites is 1. The molecule has 0 aliphatic heterocycles. The Morgan fingerprint density at radius 1 is 0.796 bits per heavy atom. The lowest BCUT2D eigenvalue weighted by Crippen LogP contribution is -2.57. The molecule has 0 fully saturated rings. The van der Waals surface area contributed by atoms with Gasteiger partial charge in [-0.2, -0.15) is 0 Å². The van der Waals surface area contributed by atoms with Crippen molar-refractivity contribution in [3.63, 3.8) is 0 Å². The van der Waals surface area contributed by atoms with Crippen LogP contribution in [0, 0.1) is 10.1 Å². The van der Waals surface area contributed by atoms with Crippen molar-refractivity contribution in [2.24, 2.45) is 0 Å². The number of H-pyrrole nitrogens is 1. The number of anilines is 1. The Hall–Kier alpha value is -6.33. The number of nitrogens with one attached hydrogen (secondary N) is 6. The number of benzene rings is 2. The Balaban J connectivity index is 1.71. The number of nitro benzene ring substituents is 1.